The molecule has 0 fully saturated rings. The fourth-order valence-electron chi connectivity index (χ4n) is 2.74. The van der Waals surface area contributed by atoms with Crippen LogP contribution < -0.4 is 4.31 Å². The number of rotatable bonds is 8. The van der Waals surface area contributed by atoms with Crippen LogP contribution in [-0.2, 0) is 10.0 Å². The topological polar surface area (TPSA) is 57.7 Å². The summed E-state index contributed by atoms with van der Waals surface area (Å²) in [5, 5.41) is 0. The average Bonchev–Trinajstić information content (AvgIpc) is 2.67. The van der Waals surface area contributed by atoms with Crippen LogP contribution in [-0.4, -0.2) is 39.4 Å². The van der Waals surface area contributed by atoms with E-state index in [9.17, 15) is 13.2 Å². The van der Waals surface area contributed by atoms with Crippen molar-refractivity contribution in [3.05, 3.63) is 60.2 Å². The summed E-state index contributed by atoms with van der Waals surface area (Å²) in [7, 11) is -2.14. The molecule has 2 aromatic rings. The highest BCUT2D eigenvalue weighted by atomic mass is 32.2. The number of hydrogen-bond donors (Lipinski definition) is 0. The first-order valence-electron chi connectivity index (χ1n) is 8.85. The minimum atomic E-state index is -3.67. The maximum atomic E-state index is 12.8. The highest BCUT2D eigenvalue weighted by Gasteiger charge is 2.22. The van der Waals surface area contributed by atoms with Gasteiger partial charge in [-0.3, -0.25) is 9.10 Å². The lowest BCUT2D eigenvalue weighted by Crippen LogP contribution is -2.32. The van der Waals surface area contributed by atoms with Gasteiger partial charge in [-0.05, 0) is 49.2 Å². The average molecular weight is 375 g/mol. The van der Waals surface area contributed by atoms with Gasteiger partial charge in [0.2, 0.25) is 0 Å². The largest absolute Gasteiger partial charge is 0.339 e. The van der Waals surface area contributed by atoms with Gasteiger partial charge in [-0.15, -0.1) is 0 Å². The molecule has 0 heterocycles. The summed E-state index contributed by atoms with van der Waals surface area (Å²) in [6, 6.07) is 15.1. The monoisotopic (exact) mass is 374 g/mol. The Morgan fingerprint density at radius 1 is 0.885 bits per heavy atom. The molecule has 0 radical (unpaired) electrons. The van der Waals surface area contributed by atoms with Crippen LogP contribution in [0.3, 0.4) is 0 Å². The summed E-state index contributed by atoms with van der Waals surface area (Å²) < 4.78 is 26.8. The number of para-hydroxylation sites is 1. The molecule has 0 aliphatic carbocycles. The lowest BCUT2D eigenvalue weighted by molar-refractivity contribution is 0.0755. The van der Waals surface area contributed by atoms with Gasteiger partial charge in [0.15, 0.2) is 0 Å². The lowest BCUT2D eigenvalue weighted by Gasteiger charge is -2.22. The molecule has 0 saturated heterocycles. The van der Waals surface area contributed by atoms with Crippen molar-refractivity contribution in [2.75, 3.05) is 24.4 Å². The van der Waals surface area contributed by atoms with E-state index in [1.54, 1.807) is 41.3 Å². The van der Waals surface area contributed by atoms with Gasteiger partial charge in [0.25, 0.3) is 15.9 Å². The number of carbonyl (C=O) groups is 1. The zero-order valence-electron chi connectivity index (χ0n) is 15.6. The quantitative estimate of drug-likeness (QED) is 0.707. The number of sulfonamides is 1. The maximum absolute atomic E-state index is 12.8. The molecule has 0 unspecified atom stereocenters. The Hall–Kier alpha value is -2.34. The third-order valence-corrected chi connectivity index (χ3v) is 5.95. The predicted octanol–water partition coefficient (Wildman–Crippen LogP) is 3.77. The van der Waals surface area contributed by atoms with E-state index in [2.05, 4.69) is 0 Å². The molecule has 0 N–H and O–H groups in total. The zero-order chi connectivity index (χ0) is 19.2. The Balaban J connectivity index is 2.24. The Kier molecular flexibility index (Phi) is 6.80. The van der Waals surface area contributed by atoms with Gasteiger partial charge in [-0.2, -0.15) is 0 Å². The number of anilines is 1. The summed E-state index contributed by atoms with van der Waals surface area (Å²) in [6.45, 7) is 5.46. The maximum Gasteiger partial charge on any atom is 0.264 e. The lowest BCUT2D eigenvalue weighted by atomic mass is 10.2. The molecule has 6 heteroatoms. The molecule has 2 aromatic carbocycles. The third-order valence-electron chi connectivity index (χ3n) is 4.15. The van der Waals surface area contributed by atoms with Gasteiger partial charge < -0.3 is 4.90 Å². The van der Waals surface area contributed by atoms with Crippen molar-refractivity contribution in [1.82, 2.24) is 4.90 Å². The molecule has 1 amide bonds. The molecule has 0 saturated carbocycles. The highest BCUT2D eigenvalue weighted by molar-refractivity contribution is 7.92. The fraction of sp³-hybridized carbons (Fsp3) is 0.350. The second kappa shape index (κ2) is 8.85. The zero-order valence-corrected chi connectivity index (χ0v) is 16.4. The standard InChI is InChI=1S/C20H26N2O3S/c1-4-15-22(16-5-2)20(23)17-11-13-19(14-12-17)26(24,25)21(3)18-9-7-6-8-10-18/h6-14H,4-5,15-16H2,1-3H3. The molecule has 0 bridgehead atoms. The van der Waals surface area contributed by atoms with Crippen molar-refractivity contribution < 1.29 is 13.2 Å². The third kappa shape index (κ3) is 4.43. The molecule has 0 aliphatic heterocycles. The van der Waals surface area contributed by atoms with Crippen molar-refractivity contribution in [3.8, 4) is 0 Å². The molecule has 26 heavy (non-hydrogen) atoms. The first-order chi connectivity index (χ1) is 12.4. The van der Waals surface area contributed by atoms with E-state index >= 15 is 0 Å². The first-order valence-corrected chi connectivity index (χ1v) is 10.3. The van der Waals surface area contributed by atoms with Gasteiger partial charge in [0.05, 0.1) is 10.6 Å². The summed E-state index contributed by atoms with van der Waals surface area (Å²) in [4.78, 5) is 14.6. The van der Waals surface area contributed by atoms with E-state index < -0.39 is 10.0 Å². The van der Waals surface area contributed by atoms with Gasteiger partial charge in [0.1, 0.15) is 0 Å². The summed E-state index contributed by atoms with van der Waals surface area (Å²) in [6.07, 6.45) is 1.78. The minimum absolute atomic E-state index is 0.0611. The number of benzene rings is 2. The van der Waals surface area contributed by atoms with E-state index in [1.165, 1.54) is 23.5 Å². The smallest absolute Gasteiger partial charge is 0.264 e. The van der Waals surface area contributed by atoms with Crippen molar-refractivity contribution >= 4 is 21.6 Å². The number of carbonyl (C=O) groups excluding carboxylic acids is 1. The van der Waals surface area contributed by atoms with Crippen LogP contribution in [0, 0.1) is 0 Å². The highest BCUT2D eigenvalue weighted by Crippen LogP contribution is 2.22. The second-order valence-corrected chi connectivity index (χ2v) is 8.09. The fourth-order valence-corrected chi connectivity index (χ4v) is 3.94. The summed E-state index contributed by atoms with van der Waals surface area (Å²) in [5.74, 6) is -0.0611. The molecule has 140 valence electrons. The minimum Gasteiger partial charge on any atom is -0.339 e. The summed E-state index contributed by atoms with van der Waals surface area (Å²) >= 11 is 0. The first kappa shape index (κ1) is 20.0. The normalized spacial score (nSPS) is 11.2. The van der Waals surface area contributed by atoms with Gasteiger partial charge in [-0.1, -0.05) is 32.0 Å². The van der Waals surface area contributed by atoms with Gasteiger partial charge in [0, 0.05) is 25.7 Å². The van der Waals surface area contributed by atoms with Crippen LogP contribution in [0.25, 0.3) is 0 Å². The van der Waals surface area contributed by atoms with E-state index in [-0.39, 0.29) is 10.8 Å². The molecular weight excluding hydrogens is 348 g/mol. The number of amides is 1. The Morgan fingerprint density at radius 2 is 1.42 bits per heavy atom. The number of hydrogen-bond acceptors (Lipinski definition) is 3. The van der Waals surface area contributed by atoms with Crippen LogP contribution in [0.2, 0.25) is 0 Å². The van der Waals surface area contributed by atoms with Crippen molar-refractivity contribution in [1.29, 1.82) is 0 Å². The van der Waals surface area contributed by atoms with E-state index in [0.29, 0.717) is 24.3 Å². The van der Waals surface area contributed by atoms with Crippen molar-refractivity contribution in [2.45, 2.75) is 31.6 Å². The van der Waals surface area contributed by atoms with Crippen LogP contribution in [0.1, 0.15) is 37.0 Å². The van der Waals surface area contributed by atoms with Crippen molar-refractivity contribution in [2.24, 2.45) is 0 Å². The molecule has 0 aromatic heterocycles. The number of nitrogens with zero attached hydrogens (tertiary/aromatic N) is 2. The van der Waals surface area contributed by atoms with Crippen LogP contribution in [0.5, 0.6) is 0 Å². The van der Waals surface area contributed by atoms with Crippen LogP contribution in [0.4, 0.5) is 5.69 Å². The molecule has 0 atom stereocenters. The molecule has 0 aliphatic rings. The SMILES string of the molecule is CCCN(CCC)C(=O)c1ccc(S(=O)(=O)N(C)c2ccccc2)cc1. The molecule has 5 nitrogen and oxygen atoms in total. The molecule has 0 spiro atoms. The molecule has 2 rings (SSSR count). The van der Waals surface area contributed by atoms with Crippen LogP contribution >= 0.6 is 0 Å². The van der Waals surface area contributed by atoms with E-state index in [4.69, 9.17) is 0 Å². The van der Waals surface area contributed by atoms with Crippen molar-refractivity contribution in [3.63, 3.8) is 0 Å². The van der Waals surface area contributed by atoms with E-state index in [0.717, 1.165) is 12.8 Å². The molecular formula is C20H26N2O3S. The predicted molar refractivity (Wildman–Crippen MR) is 105 cm³/mol. The van der Waals surface area contributed by atoms with Gasteiger partial charge in [-0.25, -0.2) is 8.42 Å². The van der Waals surface area contributed by atoms with Gasteiger partial charge >= 0.3 is 0 Å². The van der Waals surface area contributed by atoms with Crippen LogP contribution in [0.15, 0.2) is 59.5 Å². The Labute approximate surface area is 156 Å². The Bertz CT molecular complexity index is 812. The Morgan fingerprint density at radius 3 is 1.92 bits per heavy atom. The summed E-state index contributed by atoms with van der Waals surface area (Å²) in [5.41, 5.74) is 1.10. The van der Waals surface area contributed by atoms with E-state index in [1.807, 2.05) is 19.9 Å². The second-order valence-electron chi connectivity index (χ2n) is 6.12.